The fourth-order valence-electron chi connectivity index (χ4n) is 3.71. The molecule has 0 spiro atoms. The highest BCUT2D eigenvalue weighted by molar-refractivity contribution is 5.80. The topological polar surface area (TPSA) is 20.3 Å². The zero-order valence-corrected chi connectivity index (χ0v) is 9.46. The first-order valence-corrected chi connectivity index (χ1v) is 6.31. The second kappa shape index (κ2) is 3.36. The Morgan fingerprint density at radius 2 is 1.93 bits per heavy atom. The van der Waals surface area contributed by atoms with Crippen molar-refractivity contribution in [2.75, 3.05) is 0 Å². The van der Waals surface area contributed by atoms with Crippen LogP contribution in [0.15, 0.2) is 11.3 Å². The van der Waals surface area contributed by atoms with Crippen LogP contribution in [-0.4, -0.2) is 16.8 Å². The lowest BCUT2D eigenvalue weighted by Crippen LogP contribution is -2.41. The third-order valence-electron chi connectivity index (χ3n) is 4.44. The van der Waals surface area contributed by atoms with Crippen molar-refractivity contribution in [2.45, 2.75) is 57.9 Å². The smallest absolute Gasteiger partial charge is 0.227 e. The summed E-state index contributed by atoms with van der Waals surface area (Å²) in [5.74, 6) is 1.10. The lowest BCUT2D eigenvalue weighted by molar-refractivity contribution is -0.133. The van der Waals surface area contributed by atoms with E-state index in [2.05, 4.69) is 11.8 Å². The summed E-state index contributed by atoms with van der Waals surface area (Å²) < 4.78 is 0. The Morgan fingerprint density at radius 3 is 2.80 bits per heavy atom. The van der Waals surface area contributed by atoms with Gasteiger partial charge in [-0.3, -0.25) is 4.79 Å². The number of amides is 1. The number of nitrogens with zero attached hydrogens (tertiary/aromatic N) is 1. The summed E-state index contributed by atoms with van der Waals surface area (Å²) in [5.41, 5.74) is 2.93. The van der Waals surface area contributed by atoms with Crippen molar-refractivity contribution in [3.63, 3.8) is 0 Å². The molecule has 2 heterocycles. The van der Waals surface area contributed by atoms with E-state index in [0.717, 1.165) is 19.3 Å². The highest BCUT2D eigenvalue weighted by Gasteiger charge is 2.43. The second-order valence-electron chi connectivity index (χ2n) is 5.21. The monoisotopic (exact) mass is 205 g/mol. The van der Waals surface area contributed by atoms with Crippen LogP contribution in [0, 0.1) is 5.92 Å². The Balaban J connectivity index is 1.97. The van der Waals surface area contributed by atoms with E-state index in [9.17, 15) is 4.79 Å². The highest BCUT2D eigenvalue weighted by atomic mass is 16.2. The summed E-state index contributed by atoms with van der Waals surface area (Å²) >= 11 is 0. The minimum Gasteiger partial charge on any atom is -0.313 e. The standard InChI is InChI=1S/C13H19NO/c1-9-10-5-2-3-6-12(10)14-11(9)7-4-8-13(14)15/h10,12H,2-8H2,1H3. The Morgan fingerprint density at radius 1 is 1.13 bits per heavy atom. The van der Waals surface area contributed by atoms with Gasteiger partial charge in [-0.2, -0.15) is 0 Å². The molecule has 0 aromatic rings. The molecule has 2 heteroatoms. The number of rotatable bonds is 0. The molecule has 82 valence electrons. The average Bonchev–Trinajstić information content (AvgIpc) is 2.55. The van der Waals surface area contributed by atoms with Crippen molar-refractivity contribution in [1.29, 1.82) is 0 Å². The molecule has 1 saturated carbocycles. The molecule has 1 saturated heterocycles. The predicted octanol–water partition coefficient (Wildman–Crippen LogP) is 2.85. The van der Waals surface area contributed by atoms with Gasteiger partial charge in [0, 0.05) is 24.1 Å². The number of carbonyl (C=O) groups excluding carboxylic acids is 1. The van der Waals surface area contributed by atoms with Gasteiger partial charge in [-0.1, -0.05) is 12.8 Å². The van der Waals surface area contributed by atoms with Crippen LogP contribution in [0.2, 0.25) is 0 Å². The molecule has 1 aliphatic carbocycles. The Kier molecular flexibility index (Phi) is 2.11. The van der Waals surface area contributed by atoms with Gasteiger partial charge in [0.1, 0.15) is 0 Å². The molecule has 2 nitrogen and oxygen atoms in total. The summed E-state index contributed by atoms with van der Waals surface area (Å²) in [6.45, 7) is 2.26. The average molecular weight is 205 g/mol. The number of carbonyl (C=O) groups is 1. The van der Waals surface area contributed by atoms with Crippen molar-refractivity contribution in [3.05, 3.63) is 11.3 Å². The van der Waals surface area contributed by atoms with E-state index < -0.39 is 0 Å². The van der Waals surface area contributed by atoms with E-state index in [1.54, 1.807) is 0 Å². The van der Waals surface area contributed by atoms with E-state index >= 15 is 0 Å². The van der Waals surface area contributed by atoms with Gasteiger partial charge in [-0.25, -0.2) is 0 Å². The maximum atomic E-state index is 12.0. The fourth-order valence-corrected chi connectivity index (χ4v) is 3.71. The predicted molar refractivity (Wildman–Crippen MR) is 59.1 cm³/mol. The Labute approximate surface area is 91.3 Å². The molecule has 0 N–H and O–H groups in total. The van der Waals surface area contributed by atoms with E-state index in [0.29, 0.717) is 17.9 Å². The number of hydrogen-bond donors (Lipinski definition) is 0. The number of hydrogen-bond acceptors (Lipinski definition) is 1. The summed E-state index contributed by atoms with van der Waals surface area (Å²) in [6.07, 6.45) is 8.20. The van der Waals surface area contributed by atoms with Crippen LogP contribution in [0.1, 0.15) is 51.9 Å². The Hall–Kier alpha value is -0.790. The zero-order chi connectivity index (χ0) is 10.4. The first-order chi connectivity index (χ1) is 7.29. The van der Waals surface area contributed by atoms with Gasteiger partial charge < -0.3 is 4.90 Å². The van der Waals surface area contributed by atoms with Crippen molar-refractivity contribution in [2.24, 2.45) is 5.92 Å². The van der Waals surface area contributed by atoms with Crippen molar-refractivity contribution < 1.29 is 4.79 Å². The number of piperidine rings is 1. The van der Waals surface area contributed by atoms with E-state index in [-0.39, 0.29) is 0 Å². The molecule has 0 aromatic heterocycles. The van der Waals surface area contributed by atoms with Crippen LogP contribution >= 0.6 is 0 Å². The van der Waals surface area contributed by atoms with Crippen LogP contribution in [0.3, 0.4) is 0 Å². The molecule has 1 amide bonds. The van der Waals surface area contributed by atoms with Gasteiger partial charge in [-0.15, -0.1) is 0 Å². The van der Waals surface area contributed by atoms with Crippen molar-refractivity contribution >= 4 is 5.91 Å². The van der Waals surface area contributed by atoms with E-state index in [1.807, 2.05) is 0 Å². The molecule has 3 aliphatic rings. The van der Waals surface area contributed by atoms with Gasteiger partial charge in [0.05, 0.1) is 0 Å². The van der Waals surface area contributed by atoms with Gasteiger partial charge in [-0.05, 0) is 38.2 Å². The zero-order valence-electron chi connectivity index (χ0n) is 9.46. The lowest BCUT2D eigenvalue weighted by Gasteiger charge is -2.35. The first kappa shape index (κ1) is 9.44. The van der Waals surface area contributed by atoms with Gasteiger partial charge >= 0.3 is 0 Å². The summed E-state index contributed by atoms with van der Waals surface area (Å²) in [7, 11) is 0. The fraction of sp³-hybridized carbons (Fsp3) is 0.769. The maximum absolute atomic E-state index is 12.0. The van der Waals surface area contributed by atoms with Crippen LogP contribution in [0.5, 0.6) is 0 Å². The molecule has 0 aromatic carbocycles. The van der Waals surface area contributed by atoms with Crippen molar-refractivity contribution in [1.82, 2.24) is 4.90 Å². The lowest BCUT2D eigenvalue weighted by atomic mass is 9.82. The van der Waals surface area contributed by atoms with E-state index in [1.165, 1.54) is 37.0 Å². The quantitative estimate of drug-likeness (QED) is 0.595. The molecule has 15 heavy (non-hydrogen) atoms. The van der Waals surface area contributed by atoms with Crippen molar-refractivity contribution in [3.8, 4) is 0 Å². The van der Waals surface area contributed by atoms with E-state index in [4.69, 9.17) is 0 Å². The SMILES string of the molecule is CC1=C2CCCC(=O)N2C2CCCCC12. The first-order valence-electron chi connectivity index (χ1n) is 6.31. The number of allylic oxidation sites excluding steroid dienone is 1. The highest BCUT2D eigenvalue weighted by Crippen LogP contribution is 2.45. The molecule has 2 aliphatic heterocycles. The largest absolute Gasteiger partial charge is 0.313 e. The van der Waals surface area contributed by atoms with Gasteiger partial charge in [0.2, 0.25) is 5.91 Å². The number of fused-ring (bicyclic) bond motifs is 3. The second-order valence-corrected chi connectivity index (χ2v) is 5.21. The minimum absolute atomic E-state index is 0.394. The molecular weight excluding hydrogens is 186 g/mol. The molecule has 0 bridgehead atoms. The summed E-state index contributed by atoms with van der Waals surface area (Å²) in [4.78, 5) is 14.1. The molecule has 2 atom stereocenters. The third-order valence-corrected chi connectivity index (χ3v) is 4.44. The normalized spacial score (nSPS) is 35.5. The van der Waals surface area contributed by atoms with Crippen LogP contribution < -0.4 is 0 Å². The molecule has 3 rings (SSSR count). The molecule has 2 unspecified atom stereocenters. The summed E-state index contributed by atoms with van der Waals surface area (Å²) in [6, 6.07) is 0.543. The molecular formula is C13H19NO. The van der Waals surface area contributed by atoms with Gasteiger partial charge in [0.15, 0.2) is 0 Å². The summed E-state index contributed by atoms with van der Waals surface area (Å²) in [5, 5.41) is 0. The Bertz CT molecular complexity index is 331. The molecule has 0 radical (unpaired) electrons. The van der Waals surface area contributed by atoms with Crippen LogP contribution in [0.25, 0.3) is 0 Å². The maximum Gasteiger partial charge on any atom is 0.227 e. The van der Waals surface area contributed by atoms with Crippen LogP contribution in [0.4, 0.5) is 0 Å². The third kappa shape index (κ3) is 1.27. The van der Waals surface area contributed by atoms with Gasteiger partial charge in [0.25, 0.3) is 0 Å². The van der Waals surface area contributed by atoms with Crippen LogP contribution in [-0.2, 0) is 4.79 Å². The minimum atomic E-state index is 0.394. The molecule has 2 fully saturated rings.